The molecule has 0 saturated carbocycles. The smallest absolute Gasteiger partial charge is 0.0834 e. The fourth-order valence-corrected chi connectivity index (χ4v) is 1.89. The van der Waals surface area contributed by atoms with E-state index in [1.54, 1.807) is 18.5 Å². The van der Waals surface area contributed by atoms with Crippen molar-refractivity contribution < 1.29 is 5.11 Å². The summed E-state index contributed by atoms with van der Waals surface area (Å²) in [5.41, 5.74) is 9.41. The number of aromatic nitrogens is 1. The van der Waals surface area contributed by atoms with Crippen molar-refractivity contribution in [3.05, 3.63) is 59.4 Å². The van der Waals surface area contributed by atoms with Crippen molar-refractivity contribution >= 4 is 5.69 Å². The van der Waals surface area contributed by atoms with Gasteiger partial charge < -0.3 is 10.8 Å². The second-order valence-electron chi connectivity index (χ2n) is 4.15. The van der Waals surface area contributed by atoms with Gasteiger partial charge in [0, 0.05) is 24.5 Å². The highest BCUT2D eigenvalue weighted by molar-refractivity contribution is 5.45. The van der Waals surface area contributed by atoms with Gasteiger partial charge in [-0.3, -0.25) is 4.98 Å². The monoisotopic (exact) mass is 228 g/mol. The number of aliphatic hydroxyl groups is 1. The molecule has 3 nitrogen and oxygen atoms in total. The lowest BCUT2D eigenvalue weighted by Gasteiger charge is -2.14. The Morgan fingerprint density at radius 3 is 2.76 bits per heavy atom. The number of aliphatic hydroxyl groups excluding tert-OH is 1. The molecule has 3 heteroatoms. The average Bonchev–Trinajstić information content (AvgIpc) is 2.32. The van der Waals surface area contributed by atoms with Gasteiger partial charge in [0.1, 0.15) is 0 Å². The Hall–Kier alpha value is -1.87. The van der Waals surface area contributed by atoms with Crippen molar-refractivity contribution in [2.75, 3.05) is 5.73 Å². The maximum Gasteiger partial charge on any atom is 0.0834 e. The van der Waals surface area contributed by atoms with Gasteiger partial charge >= 0.3 is 0 Å². The first kappa shape index (κ1) is 11.6. The number of hydrogen-bond acceptors (Lipinski definition) is 3. The van der Waals surface area contributed by atoms with Gasteiger partial charge in [0.25, 0.3) is 0 Å². The number of nitrogens with two attached hydrogens (primary N) is 1. The molecule has 88 valence electrons. The molecule has 0 saturated heterocycles. The zero-order valence-corrected chi connectivity index (χ0v) is 9.80. The summed E-state index contributed by atoms with van der Waals surface area (Å²) < 4.78 is 0. The fourth-order valence-electron chi connectivity index (χ4n) is 1.89. The van der Waals surface area contributed by atoms with Crippen LogP contribution in [0.3, 0.4) is 0 Å². The Bertz CT molecular complexity index is 511. The summed E-state index contributed by atoms with van der Waals surface area (Å²) in [6, 6.07) is 9.57. The Labute approximate surface area is 101 Å². The van der Waals surface area contributed by atoms with Crippen LogP contribution in [0.1, 0.15) is 22.8 Å². The molecule has 0 amide bonds. The van der Waals surface area contributed by atoms with Crippen molar-refractivity contribution in [3.8, 4) is 0 Å². The molecule has 0 aliphatic heterocycles. The van der Waals surface area contributed by atoms with E-state index >= 15 is 0 Å². The van der Waals surface area contributed by atoms with Crippen LogP contribution in [0.5, 0.6) is 0 Å². The molecule has 1 atom stereocenters. The Kier molecular flexibility index (Phi) is 3.40. The number of hydrogen-bond donors (Lipinski definition) is 2. The molecule has 1 aromatic carbocycles. The normalized spacial score (nSPS) is 12.4. The molecule has 2 aromatic rings. The summed E-state index contributed by atoms with van der Waals surface area (Å²) in [4.78, 5) is 4.02. The molecule has 1 aromatic heterocycles. The SMILES string of the molecule is Cc1ccccc1C(O)Cc1cnccc1N. The molecule has 0 radical (unpaired) electrons. The molecule has 17 heavy (non-hydrogen) atoms. The molecule has 0 aliphatic rings. The predicted molar refractivity (Wildman–Crippen MR) is 68.5 cm³/mol. The van der Waals surface area contributed by atoms with E-state index in [-0.39, 0.29) is 0 Å². The van der Waals surface area contributed by atoms with E-state index in [1.165, 1.54) is 0 Å². The lowest BCUT2D eigenvalue weighted by molar-refractivity contribution is 0.178. The minimum absolute atomic E-state index is 0.491. The van der Waals surface area contributed by atoms with Crippen LogP contribution in [-0.4, -0.2) is 10.1 Å². The van der Waals surface area contributed by atoms with Crippen molar-refractivity contribution in [2.24, 2.45) is 0 Å². The minimum Gasteiger partial charge on any atom is -0.398 e. The summed E-state index contributed by atoms with van der Waals surface area (Å²) in [7, 11) is 0. The molecule has 0 bridgehead atoms. The number of aryl methyl sites for hydroxylation is 1. The van der Waals surface area contributed by atoms with Crippen molar-refractivity contribution in [2.45, 2.75) is 19.4 Å². The highest BCUT2D eigenvalue weighted by atomic mass is 16.3. The third-order valence-corrected chi connectivity index (χ3v) is 2.90. The standard InChI is InChI=1S/C14H16N2O/c1-10-4-2-3-5-12(10)14(17)8-11-9-16-7-6-13(11)15/h2-7,9,14,17H,8H2,1H3,(H2,15,16). The summed E-state index contributed by atoms with van der Waals surface area (Å²) in [6.07, 6.45) is 3.31. The molecule has 0 spiro atoms. The van der Waals surface area contributed by atoms with Crippen LogP contribution in [0.25, 0.3) is 0 Å². The summed E-state index contributed by atoms with van der Waals surface area (Å²) in [6.45, 7) is 1.99. The minimum atomic E-state index is -0.539. The van der Waals surface area contributed by atoms with E-state index in [4.69, 9.17) is 5.73 Å². The topological polar surface area (TPSA) is 59.1 Å². The van der Waals surface area contributed by atoms with Crippen molar-refractivity contribution in [3.63, 3.8) is 0 Å². The Balaban J connectivity index is 2.20. The van der Waals surface area contributed by atoms with E-state index in [2.05, 4.69) is 4.98 Å². The second-order valence-corrected chi connectivity index (χ2v) is 4.15. The number of nitrogen functional groups attached to an aromatic ring is 1. The van der Waals surface area contributed by atoms with Crippen LogP contribution in [0.2, 0.25) is 0 Å². The van der Waals surface area contributed by atoms with E-state index < -0.39 is 6.10 Å². The largest absolute Gasteiger partial charge is 0.398 e. The number of rotatable bonds is 3. The Morgan fingerprint density at radius 2 is 2.06 bits per heavy atom. The first-order valence-corrected chi connectivity index (χ1v) is 5.60. The highest BCUT2D eigenvalue weighted by Crippen LogP contribution is 2.23. The quantitative estimate of drug-likeness (QED) is 0.847. The summed E-state index contributed by atoms with van der Waals surface area (Å²) >= 11 is 0. The molecule has 0 aliphatic carbocycles. The number of pyridine rings is 1. The van der Waals surface area contributed by atoms with Crippen LogP contribution >= 0.6 is 0 Å². The van der Waals surface area contributed by atoms with Crippen LogP contribution in [-0.2, 0) is 6.42 Å². The molecular formula is C14H16N2O. The first-order chi connectivity index (χ1) is 8.18. The lowest BCUT2D eigenvalue weighted by Crippen LogP contribution is -2.06. The van der Waals surface area contributed by atoms with Gasteiger partial charge in [0.2, 0.25) is 0 Å². The van der Waals surface area contributed by atoms with Crippen LogP contribution in [0.4, 0.5) is 5.69 Å². The third-order valence-electron chi connectivity index (χ3n) is 2.90. The van der Waals surface area contributed by atoms with Crippen LogP contribution in [0, 0.1) is 6.92 Å². The average molecular weight is 228 g/mol. The van der Waals surface area contributed by atoms with Crippen molar-refractivity contribution in [1.29, 1.82) is 0 Å². The maximum atomic E-state index is 10.2. The highest BCUT2D eigenvalue weighted by Gasteiger charge is 2.12. The van der Waals surface area contributed by atoms with Crippen LogP contribution < -0.4 is 5.73 Å². The van der Waals surface area contributed by atoms with Crippen molar-refractivity contribution in [1.82, 2.24) is 4.98 Å². The van der Waals surface area contributed by atoms with Gasteiger partial charge in [-0.2, -0.15) is 0 Å². The van der Waals surface area contributed by atoms with Gasteiger partial charge in [-0.05, 0) is 29.7 Å². The van der Waals surface area contributed by atoms with Gasteiger partial charge in [-0.25, -0.2) is 0 Å². The molecule has 1 unspecified atom stereocenters. The number of anilines is 1. The van der Waals surface area contributed by atoms with E-state index in [0.717, 1.165) is 16.7 Å². The summed E-state index contributed by atoms with van der Waals surface area (Å²) in [5, 5.41) is 10.2. The van der Waals surface area contributed by atoms with E-state index in [9.17, 15) is 5.11 Å². The van der Waals surface area contributed by atoms with E-state index in [1.807, 2.05) is 31.2 Å². The van der Waals surface area contributed by atoms with Gasteiger partial charge in [0.05, 0.1) is 6.10 Å². The molecule has 3 N–H and O–H groups in total. The Morgan fingerprint density at radius 1 is 1.29 bits per heavy atom. The zero-order chi connectivity index (χ0) is 12.3. The van der Waals surface area contributed by atoms with Gasteiger partial charge in [0.15, 0.2) is 0 Å². The summed E-state index contributed by atoms with van der Waals surface area (Å²) in [5.74, 6) is 0. The molecular weight excluding hydrogens is 212 g/mol. The predicted octanol–water partition coefficient (Wildman–Crippen LogP) is 2.25. The number of benzene rings is 1. The third kappa shape index (κ3) is 2.63. The molecule has 0 fully saturated rings. The lowest BCUT2D eigenvalue weighted by atomic mass is 9.98. The van der Waals surface area contributed by atoms with Gasteiger partial charge in [-0.15, -0.1) is 0 Å². The van der Waals surface area contributed by atoms with Gasteiger partial charge in [-0.1, -0.05) is 24.3 Å². The molecule has 1 heterocycles. The molecule has 2 rings (SSSR count). The number of nitrogens with zero attached hydrogens (tertiary/aromatic N) is 1. The second kappa shape index (κ2) is 4.97. The maximum absolute atomic E-state index is 10.2. The first-order valence-electron chi connectivity index (χ1n) is 5.60. The fraction of sp³-hybridized carbons (Fsp3) is 0.214. The zero-order valence-electron chi connectivity index (χ0n) is 9.80. The van der Waals surface area contributed by atoms with E-state index in [0.29, 0.717) is 12.1 Å². The van der Waals surface area contributed by atoms with Crippen LogP contribution in [0.15, 0.2) is 42.7 Å².